The van der Waals surface area contributed by atoms with Crippen molar-refractivity contribution in [3.05, 3.63) is 17.8 Å². The van der Waals surface area contributed by atoms with E-state index >= 15 is 0 Å². The molecular formula is C16H21N3O4. The zero-order valence-electron chi connectivity index (χ0n) is 13.0. The van der Waals surface area contributed by atoms with Gasteiger partial charge >= 0.3 is 0 Å². The van der Waals surface area contributed by atoms with Crippen LogP contribution < -0.4 is 5.73 Å². The summed E-state index contributed by atoms with van der Waals surface area (Å²) in [5.41, 5.74) is 5.31. The third kappa shape index (κ3) is 2.25. The average Bonchev–Trinajstić information content (AvgIpc) is 3.09. The molecule has 124 valence electrons. The van der Waals surface area contributed by atoms with E-state index in [1.54, 1.807) is 4.90 Å². The predicted molar refractivity (Wildman–Crippen MR) is 79.6 cm³/mol. The van der Waals surface area contributed by atoms with E-state index in [0.717, 1.165) is 12.8 Å². The minimum atomic E-state index is -0.658. The molecule has 3 heterocycles. The van der Waals surface area contributed by atoms with Crippen molar-refractivity contribution in [3.63, 3.8) is 0 Å². The highest BCUT2D eigenvalue weighted by Gasteiger charge is 2.53. The number of amides is 2. The average molecular weight is 319 g/mol. The summed E-state index contributed by atoms with van der Waals surface area (Å²) in [6.07, 6.45) is 5.34. The van der Waals surface area contributed by atoms with Gasteiger partial charge in [-0.3, -0.25) is 9.59 Å². The number of nitrogens with two attached hydrogens (primary N) is 1. The molecule has 7 heteroatoms. The molecule has 2 amide bonds. The van der Waals surface area contributed by atoms with E-state index in [2.05, 4.69) is 4.98 Å². The van der Waals surface area contributed by atoms with Gasteiger partial charge in [0.25, 0.3) is 5.91 Å². The summed E-state index contributed by atoms with van der Waals surface area (Å²) >= 11 is 0. The molecule has 0 unspecified atom stereocenters. The second-order valence-corrected chi connectivity index (χ2v) is 6.93. The van der Waals surface area contributed by atoms with Crippen molar-refractivity contribution < 1.29 is 18.7 Å². The van der Waals surface area contributed by atoms with Gasteiger partial charge < -0.3 is 19.8 Å². The Labute approximate surface area is 134 Å². The van der Waals surface area contributed by atoms with Gasteiger partial charge in [0, 0.05) is 31.5 Å². The first-order chi connectivity index (χ1) is 11.1. The van der Waals surface area contributed by atoms with Crippen LogP contribution in [0.3, 0.4) is 0 Å². The number of oxazole rings is 1. The summed E-state index contributed by atoms with van der Waals surface area (Å²) in [4.78, 5) is 30.7. The van der Waals surface area contributed by atoms with E-state index < -0.39 is 5.41 Å². The maximum atomic E-state index is 12.7. The molecule has 0 bridgehead atoms. The molecule has 3 aliphatic rings. The van der Waals surface area contributed by atoms with Crippen molar-refractivity contribution in [2.24, 2.45) is 17.1 Å². The number of aromatic nitrogens is 1. The standard InChI is InChI=1S/C16H21N3O4/c17-15(21)16-4-5-22-7-11(16)6-19(9-16)14(20)12-8-23-13(18-12)10-2-1-3-10/h8,10-11H,1-7,9H2,(H2,17,21)/t11-,16+/m1/s1. The number of ether oxygens (including phenoxy) is 1. The molecule has 3 fully saturated rings. The van der Waals surface area contributed by atoms with Crippen LogP contribution in [0, 0.1) is 11.3 Å². The van der Waals surface area contributed by atoms with Gasteiger partial charge in [-0.05, 0) is 19.3 Å². The Bertz CT molecular complexity index is 639. The van der Waals surface area contributed by atoms with Crippen LogP contribution in [0.1, 0.15) is 48.0 Å². The lowest BCUT2D eigenvalue weighted by atomic mass is 9.74. The van der Waals surface area contributed by atoms with Crippen LogP contribution in [-0.2, 0) is 9.53 Å². The number of carbonyl (C=O) groups excluding carboxylic acids is 2. The fraction of sp³-hybridized carbons (Fsp3) is 0.688. The number of nitrogens with zero attached hydrogens (tertiary/aromatic N) is 2. The van der Waals surface area contributed by atoms with E-state index in [-0.39, 0.29) is 17.7 Å². The molecule has 0 aromatic carbocycles. The lowest BCUT2D eigenvalue weighted by Gasteiger charge is -2.34. The highest BCUT2D eigenvalue weighted by Crippen LogP contribution is 2.42. The third-order valence-corrected chi connectivity index (χ3v) is 5.68. The Morgan fingerprint density at radius 3 is 2.87 bits per heavy atom. The van der Waals surface area contributed by atoms with Gasteiger partial charge in [-0.15, -0.1) is 0 Å². The van der Waals surface area contributed by atoms with E-state index in [9.17, 15) is 9.59 Å². The zero-order chi connectivity index (χ0) is 16.0. The van der Waals surface area contributed by atoms with Gasteiger partial charge in [-0.2, -0.15) is 0 Å². The van der Waals surface area contributed by atoms with Crippen LogP contribution in [-0.4, -0.2) is 48.0 Å². The lowest BCUT2D eigenvalue weighted by molar-refractivity contribution is -0.135. The molecule has 2 aliphatic heterocycles. The highest BCUT2D eigenvalue weighted by atomic mass is 16.5. The van der Waals surface area contributed by atoms with Crippen LogP contribution in [0.4, 0.5) is 0 Å². The smallest absolute Gasteiger partial charge is 0.275 e. The van der Waals surface area contributed by atoms with Gasteiger partial charge in [0.1, 0.15) is 6.26 Å². The molecule has 1 aromatic rings. The molecule has 1 aliphatic carbocycles. The molecule has 2 atom stereocenters. The van der Waals surface area contributed by atoms with Gasteiger partial charge in [-0.25, -0.2) is 4.98 Å². The van der Waals surface area contributed by atoms with Crippen molar-refractivity contribution in [1.82, 2.24) is 9.88 Å². The number of carbonyl (C=O) groups is 2. The number of hydrogen-bond donors (Lipinski definition) is 1. The number of fused-ring (bicyclic) bond motifs is 1. The predicted octanol–water partition coefficient (Wildman–Crippen LogP) is 0.906. The number of primary amides is 1. The molecule has 2 saturated heterocycles. The summed E-state index contributed by atoms with van der Waals surface area (Å²) in [5.74, 6) is 0.452. The number of rotatable bonds is 3. The Hall–Kier alpha value is -1.89. The van der Waals surface area contributed by atoms with Crippen LogP contribution in [0.2, 0.25) is 0 Å². The first kappa shape index (κ1) is 14.7. The summed E-state index contributed by atoms with van der Waals surface area (Å²) < 4.78 is 10.9. The third-order valence-electron chi connectivity index (χ3n) is 5.68. The highest BCUT2D eigenvalue weighted by molar-refractivity contribution is 5.93. The normalized spacial score (nSPS) is 30.8. The van der Waals surface area contributed by atoms with Gasteiger partial charge in [0.05, 0.1) is 12.0 Å². The van der Waals surface area contributed by atoms with E-state index in [0.29, 0.717) is 50.2 Å². The maximum absolute atomic E-state index is 12.7. The molecular weight excluding hydrogens is 298 g/mol. The minimum Gasteiger partial charge on any atom is -0.448 e. The summed E-state index contributed by atoms with van der Waals surface area (Å²) in [6, 6.07) is 0. The van der Waals surface area contributed by atoms with Crippen molar-refractivity contribution in [1.29, 1.82) is 0 Å². The van der Waals surface area contributed by atoms with Crippen LogP contribution in [0.15, 0.2) is 10.7 Å². The fourth-order valence-electron chi connectivity index (χ4n) is 3.90. The maximum Gasteiger partial charge on any atom is 0.275 e. The van der Waals surface area contributed by atoms with Gasteiger partial charge in [-0.1, -0.05) is 6.42 Å². The fourth-order valence-corrected chi connectivity index (χ4v) is 3.90. The second-order valence-electron chi connectivity index (χ2n) is 6.93. The molecule has 0 radical (unpaired) electrons. The Morgan fingerprint density at radius 1 is 1.39 bits per heavy atom. The van der Waals surface area contributed by atoms with Crippen LogP contribution in [0.25, 0.3) is 0 Å². The lowest BCUT2D eigenvalue weighted by Crippen LogP contribution is -2.48. The van der Waals surface area contributed by atoms with E-state index in [4.69, 9.17) is 14.9 Å². The van der Waals surface area contributed by atoms with E-state index in [1.807, 2.05) is 0 Å². The van der Waals surface area contributed by atoms with Gasteiger partial charge in [0.15, 0.2) is 11.6 Å². The van der Waals surface area contributed by atoms with Crippen molar-refractivity contribution in [2.75, 3.05) is 26.3 Å². The van der Waals surface area contributed by atoms with Crippen molar-refractivity contribution >= 4 is 11.8 Å². The zero-order valence-corrected chi connectivity index (χ0v) is 13.0. The van der Waals surface area contributed by atoms with Gasteiger partial charge in [0.2, 0.25) is 5.91 Å². The molecule has 1 aromatic heterocycles. The minimum absolute atomic E-state index is 0.0318. The number of likely N-dealkylation sites (tertiary alicyclic amines) is 1. The SMILES string of the molecule is NC(=O)[C@]12CCOC[C@H]1CN(C(=O)c1coc(C3CCC3)n1)C2. The van der Waals surface area contributed by atoms with Crippen LogP contribution >= 0.6 is 0 Å². The Balaban J connectivity index is 1.53. The first-order valence-electron chi connectivity index (χ1n) is 8.22. The first-order valence-corrected chi connectivity index (χ1v) is 8.22. The monoisotopic (exact) mass is 319 g/mol. The summed E-state index contributed by atoms with van der Waals surface area (Å²) in [7, 11) is 0. The van der Waals surface area contributed by atoms with Crippen molar-refractivity contribution in [2.45, 2.75) is 31.6 Å². The molecule has 0 spiro atoms. The number of hydrogen-bond acceptors (Lipinski definition) is 5. The second kappa shape index (κ2) is 5.33. The Morgan fingerprint density at radius 2 is 2.22 bits per heavy atom. The summed E-state index contributed by atoms with van der Waals surface area (Å²) in [5, 5.41) is 0. The molecule has 4 rings (SSSR count). The Kier molecular flexibility index (Phi) is 3.41. The topological polar surface area (TPSA) is 98.7 Å². The molecule has 7 nitrogen and oxygen atoms in total. The molecule has 2 N–H and O–H groups in total. The largest absolute Gasteiger partial charge is 0.448 e. The quantitative estimate of drug-likeness (QED) is 0.892. The van der Waals surface area contributed by atoms with Crippen molar-refractivity contribution in [3.8, 4) is 0 Å². The molecule has 1 saturated carbocycles. The van der Waals surface area contributed by atoms with Crippen LogP contribution in [0.5, 0.6) is 0 Å². The summed E-state index contributed by atoms with van der Waals surface area (Å²) in [6.45, 7) is 1.81. The van der Waals surface area contributed by atoms with E-state index in [1.165, 1.54) is 12.7 Å². The molecule has 23 heavy (non-hydrogen) atoms.